The highest BCUT2D eigenvalue weighted by Crippen LogP contribution is 2.30. The Hall–Kier alpha value is -3.67. The molecule has 3 aromatic rings. The molecule has 1 atom stereocenters. The summed E-state index contributed by atoms with van der Waals surface area (Å²) < 4.78 is 42.4. The lowest BCUT2D eigenvalue weighted by Gasteiger charge is -2.36. The lowest BCUT2D eigenvalue weighted by molar-refractivity contribution is -0.134. The van der Waals surface area contributed by atoms with Gasteiger partial charge in [0, 0.05) is 30.9 Å². The van der Waals surface area contributed by atoms with Crippen molar-refractivity contribution in [2.24, 2.45) is 0 Å². The summed E-state index contributed by atoms with van der Waals surface area (Å²) in [5.74, 6) is -0.653. The number of fused-ring (bicyclic) bond motifs is 1. The van der Waals surface area contributed by atoms with Gasteiger partial charge in [-0.15, -0.1) is 0 Å². The van der Waals surface area contributed by atoms with Crippen molar-refractivity contribution in [2.75, 3.05) is 43.1 Å². The van der Waals surface area contributed by atoms with Gasteiger partial charge in [0.15, 0.2) is 0 Å². The third kappa shape index (κ3) is 4.92. The summed E-state index contributed by atoms with van der Waals surface area (Å²) >= 11 is 0. The van der Waals surface area contributed by atoms with E-state index in [1.165, 1.54) is 27.8 Å². The highest BCUT2D eigenvalue weighted by Gasteiger charge is 2.23. The number of halogens is 3. The van der Waals surface area contributed by atoms with E-state index in [9.17, 15) is 22.8 Å². The van der Waals surface area contributed by atoms with Crippen LogP contribution in [0.25, 0.3) is 10.9 Å². The number of piperazine rings is 1. The Bertz CT molecular complexity index is 1310. The molecule has 0 spiro atoms. The maximum Gasteiger partial charge on any atom is 0.271 e. The molecule has 0 unspecified atom stereocenters. The van der Waals surface area contributed by atoms with Gasteiger partial charge in [-0.1, -0.05) is 18.2 Å². The van der Waals surface area contributed by atoms with Crippen LogP contribution in [0.4, 0.5) is 19.0 Å². The topological polar surface area (TPSA) is 104 Å². The van der Waals surface area contributed by atoms with Crippen molar-refractivity contribution in [3.63, 3.8) is 0 Å². The van der Waals surface area contributed by atoms with Crippen molar-refractivity contribution in [1.82, 2.24) is 19.5 Å². The molecule has 4 rings (SSSR count). The molecule has 35 heavy (non-hydrogen) atoms. The predicted molar refractivity (Wildman–Crippen MR) is 124 cm³/mol. The first kappa shape index (κ1) is 24.5. The number of nitrogens with zero attached hydrogens (tertiary/aromatic N) is 5. The largest absolute Gasteiger partial charge is 0.387 e. The number of aliphatic hydroxyl groups excluding tert-OH is 1. The first-order valence-electron chi connectivity index (χ1n) is 11.1. The van der Waals surface area contributed by atoms with E-state index in [1.807, 2.05) is 0 Å². The second-order valence-corrected chi connectivity index (χ2v) is 8.28. The zero-order chi connectivity index (χ0) is 25.3. The molecule has 0 aliphatic carbocycles. The van der Waals surface area contributed by atoms with E-state index >= 15 is 0 Å². The predicted octanol–water partition coefficient (Wildman–Crippen LogP) is 2.12. The van der Waals surface area contributed by atoms with E-state index in [1.54, 1.807) is 25.1 Å². The summed E-state index contributed by atoms with van der Waals surface area (Å²) in [6.07, 6.45) is -1.37. The smallest absolute Gasteiger partial charge is 0.271 e. The molecule has 1 aliphatic heterocycles. The molecule has 186 valence electrons. The van der Waals surface area contributed by atoms with Crippen LogP contribution in [0.15, 0.2) is 35.3 Å². The summed E-state index contributed by atoms with van der Waals surface area (Å²) in [5, 5.41) is 14.4. The van der Waals surface area contributed by atoms with Crippen molar-refractivity contribution in [3.05, 3.63) is 63.6 Å². The number of carbonyl (C=O) groups is 1. The highest BCUT2D eigenvalue weighted by molar-refractivity contribution is 5.88. The Morgan fingerprint density at radius 1 is 1.17 bits per heavy atom. The minimum Gasteiger partial charge on any atom is -0.387 e. The van der Waals surface area contributed by atoms with Gasteiger partial charge in [-0.3, -0.25) is 9.59 Å². The number of hydrogen-bond acceptors (Lipinski definition) is 7. The van der Waals surface area contributed by atoms with Gasteiger partial charge in [0.25, 0.3) is 12.0 Å². The number of hydrogen-bond donors (Lipinski definition) is 2. The summed E-state index contributed by atoms with van der Waals surface area (Å²) in [5.41, 5.74) is -0.561. The molecule has 0 saturated carbocycles. The maximum absolute atomic E-state index is 14.7. The molecule has 0 bridgehead atoms. The van der Waals surface area contributed by atoms with Gasteiger partial charge in [-0.05, 0) is 13.8 Å². The molecule has 1 fully saturated rings. The number of alkyl halides is 2. The summed E-state index contributed by atoms with van der Waals surface area (Å²) in [4.78, 5) is 34.8. The normalized spacial score (nSPS) is 15.1. The SMILES string of the molecule is Cc1nc(N[C@H](C)c2cccc(C(F)F)c2F)c2cn(N3CCN(C(=O)CO)CC3)c(=O)cc2n1. The molecule has 2 aromatic heterocycles. The maximum atomic E-state index is 14.7. The lowest BCUT2D eigenvalue weighted by atomic mass is 10.0. The number of amides is 1. The van der Waals surface area contributed by atoms with Crippen LogP contribution in [-0.2, 0) is 4.79 Å². The number of aryl methyl sites for hydroxylation is 1. The van der Waals surface area contributed by atoms with Crippen LogP contribution >= 0.6 is 0 Å². The van der Waals surface area contributed by atoms with Crippen molar-refractivity contribution in [1.29, 1.82) is 0 Å². The second kappa shape index (κ2) is 9.90. The van der Waals surface area contributed by atoms with Crippen LogP contribution < -0.4 is 15.9 Å². The minimum absolute atomic E-state index is 0.0604. The third-order valence-electron chi connectivity index (χ3n) is 5.99. The lowest BCUT2D eigenvalue weighted by Crippen LogP contribution is -2.55. The van der Waals surface area contributed by atoms with Gasteiger partial charge in [-0.25, -0.2) is 27.8 Å². The summed E-state index contributed by atoms with van der Waals surface area (Å²) in [7, 11) is 0. The number of nitrogens with one attached hydrogen (secondary N) is 1. The van der Waals surface area contributed by atoms with Crippen molar-refractivity contribution in [2.45, 2.75) is 26.3 Å². The standard InChI is InChI=1S/C23H25F3N6O3/c1-13(15-4-3-5-16(21(15)24)22(25)26)27-23-17-11-32(19(34)10-18(17)28-14(2)29-23)31-8-6-30(7-9-31)20(35)12-33/h3-5,10-11,13,22,33H,6-9,12H2,1-2H3,(H,27,28,29)/t13-/m1/s1. The van der Waals surface area contributed by atoms with E-state index in [0.717, 1.165) is 6.07 Å². The van der Waals surface area contributed by atoms with Gasteiger partial charge in [0.05, 0.1) is 35.6 Å². The quantitative estimate of drug-likeness (QED) is 0.546. The van der Waals surface area contributed by atoms with Crippen LogP contribution in [0.3, 0.4) is 0 Å². The molecule has 1 aliphatic rings. The molecule has 2 N–H and O–H groups in total. The number of aromatic nitrogens is 3. The molecule has 1 amide bonds. The third-order valence-corrected chi connectivity index (χ3v) is 5.99. The summed E-state index contributed by atoms with van der Waals surface area (Å²) in [6.45, 7) is 4.14. The molecular weight excluding hydrogens is 465 g/mol. The van der Waals surface area contributed by atoms with Crippen LogP contribution in [-0.4, -0.2) is 63.3 Å². The molecule has 0 radical (unpaired) electrons. The Morgan fingerprint density at radius 3 is 2.51 bits per heavy atom. The Morgan fingerprint density at radius 2 is 1.86 bits per heavy atom. The fraction of sp³-hybridized carbons (Fsp3) is 0.391. The molecular formula is C23H25F3N6O3. The Kier molecular flexibility index (Phi) is 6.92. The van der Waals surface area contributed by atoms with Crippen LogP contribution in [0.5, 0.6) is 0 Å². The van der Waals surface area contributed by atoms with Crippen LogP contribution in [0, 0.1) is 12.7 Å². The number of aliphatic hydroxyl groups is 1. The van der Waals surface area contributed by atoms with Crippen molar-refractivity contribution >= 4 is 22.6 Å². The number of benzene rings is 1. The van der Waals surface area contributed by atoms with Gasteiger partial charge in [-0.2, -0.15) is 0 Å². The van der Waals surface area contributed by atoms with Crippen molar-refractivity contribution in [3.8, 4) is 0 Å². The average molecular weight is 490 g/mol. The number of rotatable bonds is 6. The molecule has 3 heterocycles. The zero-order valence-electron chi connectivity index (χ0n) is 19.2. The first-order chi connectivity index (χ1) is 16.7. The fourth-order valence-electron chi connectivity index (χ4n) is 4.16. The Labute approximate surface area is 198 Å². The zero-order valence-corrected chi connectivity index (χ0v) is 19.2. The van der Waals surface area contributed by atoms with Gasteiger partial charge in [0.2, 0.25) is 5.91 Å². The fourth-order valence-corrected chi connectivity index (χ4v) is 4.16. The highest BCUT2D eigenvalue weighted by atomic mass is 19.3. The van der Waals surface area contributed by atoms with E-state index in [4.69, 9.17) is 5.11 Å². The van der Waals surface area contributed by atoms with Crippen molar-refractivity contribution < 1.29 is 23.1 Å². The second-order valence-electron chi connectivity index (χ2n) is 8.28. The van der Waals surface area contributed by atoms with Crippen LogP contribution in [0.2, 0.25) is 0 Å². The van der Waals surface area contributed by atoms with E-state index < -0.39 is 30.5 Å². The van der Waals surface area contributed by atoms with Gasteiger partial charge < -0.3 is 20.3 Å². The van der Waals surface area contributed by atoms with Gasteiger partial charge >= 0.3 is 0 Å². The molecule has 1 saturated heterocycles. The van der Waals surface area contributed by atoms with E-state index in [-0.39, 0.29) is 17.0 Å². The summed E-state index contributed by atoms with van der Waals surface area (Å²) in [6, 6.07) is 4.51. The number of carbonyl (C=O) groups excluding carboxylic acids is 1. The Balaban J connectivity index is 1.67. The molecule has 9 nitrogen and oxygen atoms in total. The van der Waals surface area contributed by atoms with E-state index in [0.29, 0.717) is 48.7 Å². The molecule has 1 aromatic carbocycles. The van der Waals surface area contributed by atoms with E-state index in [2.05, 4.69) is 15.3 Å². The first-order valence-corrected chi connectivity index (χ1v) is 11.1. The number of anilines is 1. The molecule has 12 heteroatoms. The average Bonchev–Trinajstić information content (AvgIpc) is 2.83. The van der Waals surface area contributed by atoms with Crippen LogP contribution in [0.1, 0.15) is 36.3 Å². The monoisotopic (exact) mass is 490 g/mol. The number of pyridine rings is 1. The minimum atomic E-state index is -2.94. The van der Waals surface area contributed by atoms with Gasteiger partial charge in [0.1, 0.15) is 24.1 Å².